The molecule has 1 aliphatic rings. The van der Waals surface area contributed by atoms with Gasteiger partial charge in [0, 0.05) is 6.42 Å². The van der Waals surface area contributed by atoms with Gasteiger partial charge >= 0.3 is 5.97 Å². The second-order valence-electron chi connectivity index (χ2n) is 6.10. The maximum Gasteiger partial charge on any atom is 0.306 e. The number of fused-ring (bicyclic) bond motifs is 2. The summed E-state index contributed by atoms with van der Waals surface area (Å²) in [7, 11) is 0. The molecular formula is C20H16N2O4S. The SMILES string of the molecule is O=C(CCc1nc2ccccc2s1)OCCN1C(=O)c2ccccc2C1=O. The predicted molar refractivity (Wildman–Crippen MR) is 101 cm³/mol. The molecule has 27 heavy (non-hydrogen) atoms. The summed E-state index contributed by atoms with van der Waals surface area (Å²) in [5, 5.41) is 0.883. The fourth-order valence-corrected chi connectivity index (χ4v) is 3.97. The zero-order valence-electron chi connectivity index (χ0n) is 14.4. The lowest BCUT2D eigenvalue weighted by Gasteiger charge is -2.13. The zero-order valence-corrected chi connectivity index (χ0v) is 15.2. The number of carbonyl (C=O) groups is 3. The lowest BCUT2D eigenvalue weighted by atomic mass is 10.1. The molecule has 136 valence electrons. The minimum absolute atomic E-state index is 0.00978. The number of thiazole rings is 1. The summed E-state index contributed by atoms with van der Waals surface area (Å²) in [5.74, 6) is -1.06. The number of benzene rings is 2. The van der Waals surface area contributed by atoms with Crippen molar-refractivity contribution in [2.24, 2.45) is 0 Å². The van der Waals surface area contributed by atoms with Crippen LogP contribution in [0.4, 0.5) is 0 Å². The number of ether oxygens (including phenoxy) is 1. The molecule has 0 saturated heterocycles. The second kappa shape index (κ2) is 7.28. The highest BCUT2D eigenvalue weighted by atomic mass is 32.1. The smallest absolute Gasteiger partial charge is 0.306 e. The van der Waals surface area contributed by atoms with Gasteiger partial charge in [-0.1, -0.05) is 24.3 Å². The molecule has 1 aliphatic heterocycles. The van der Waals surface area contributed by atoms with Gasteiger partial charge < -0.3 is 4.74 Å². The standard InChI is InChI=1S/C20H16N2O4S/c23-18(10-9-17-21-15-7-3-4-8-16(15)27-17)26-12-11-22-19(24)13-5-1-2-6-14(13)20(22)25/h1-8H,9-12H2. The van der Waals surface area contributed by atoms with E-state index >= 15 is 0 Å². The third-order valence-corrected chi connectivity index (χ3v) is 5.43. The molecule has 0 N–H and O–H groups in total. The number of rotatable bonds is 6. The Morgan fingerprint density at radius 3 is 2.37 bits per heavy atom. The highest BCUT2D eigenvalue weighted by Gasteiger charge is 2.34. The first-order valence-corrected chi connectivity index (χ1v) is 9.40. The molecule has 4 rings (SSSR count). The van der Waals surface area contributed by atoms with Crippen LogP contribution in [-0.4, -0.2) is 40.8 Å². The summed E-state index contributed by atoms with van der Waals surface area (Å²) in [6, 6.07) is 14.5. The van der Waals surface area contributed by atoms with E-state index in [1.807, 2.05) is 24.3 Å². The van der Waals surface area contributed by atoms with E-state index in [1.54, 1.807) is 35.6 Å². The van der Waals surface area contributed by atoms with Crippen molar-refractivity contribution in [3.8, 4) is 0 Å². The molecule has 3 aromatic rings. The minimum Gasteiger partial charge on any atom is -0.464 e. The van der Waals surface area contributed by atoms with Gasteiger partial charge in [0.05, 0.1) is 39.3 Å². The molecular weight excluding hydrogens is 364 g/mol. The van der Waals surface area contributed by atoms with Crippen LogP contribution in [0.25, 0.3) is 10.2 Å². The Bertz CT molecular complexity index is 975. The fraction of sp³-hybridized carbons (Fsp3) is 0.200. The maximum absolute atomic E-state index is 12.2. The topological polar surface area (TPSA) is 76.6 Å². The van der Waals surface area contributed by atoms with Crippen LogP contribution in [0.5, 0.6) is 0 Å². The van der Waals surface area contributed by atoms with Gasteiger partial charge in [-0.3, -0.25) is 19.3 Å². The summed E-state index contributed by atoms with van der Waals surface area (Å²) in [6.45, 7) is 0.0450. The fourth-order valence-electron chi connectivity index (χ4n) is 3.00. The monoisotopic (exact) mass is 380 g/mol. The summed E-state index contributed by atoms with van der Waals surface area (Å²) in [6.07, 6.45) is 0.715. The third-order valence-electron chi connectivity index (χ3n) is 4.34. The van der Waals surface area contributed by atoms with E-state index in [9.17, 15) is 14.4 Å². The van der Waals surface area contributed by atoms with E-state index < -0.39 is 0 Å². The van der Waals surface area contributed by atoms with Crippen LogP contribution in [0.15, 0.2) is 48.5 Å². The van der Waals surface area contributed by atoms with Gasteiger partial charge in [-0.25, -0.2) is 4.98 Å². The Morgan fingerprint density at radius 2 is 1.67 bits per heavy atom. The number of para-hydroxylation sites is 1. The van der Waals surface area contributed by atoms with Crippen molar-refractivity contribution in [2.45, 2.75) is 12.8 Å². The number of esters is 1. The summed E-state index contributed by atoms with van der Waals surface area (Å²) in [5.41, 5.74) is 1.71. The number of hydrogen-bond acceptors (Lipinski definition) is 6. The Balaban J connectivity index is 1.26. The van der Waals surface area contributed by atoms with Crippen LogP contribution in [0.2, 0.25) is 0 Å². The molecule has 0 atom stereocenters. The molecule has 2 aromatic carbocycles. The average molecular weight is 380 g/mol. The number of aryl methyl sites for hydroxylation is 1. The number of nitrogens with zero attached hydrogens (tertiary/aromatic N) is 2. The number of hydrogen-bond donors (Lipinski definition) is 0. The van der Waals surface area contributed by atoms with Crippen molar-refractivity contribution in [3.63, 3.8) is 0 Å². The van der Waals surface area contributed by atoms with E-state index in [-0.39, 0.29) is 37.4 Å². The first kappa shape index (κ1) is 17.4. The van der Waals surface area contributed by atoms with Gasteiger partial charge in [0.1, 0.15) is 6.61 Å². The van der Waals surface area contributed by atoms with Gasteiger partial charge in [-0.15, -0.1) is 11.3 Å². The van der Waals surface area contributed by atoms with Crippen LogP contribution in [0.3, 0.4) is 0 Å². The van der Waals surface area contributed by atoms with Crippen LogP contribution in [-0.2, 0) is 16.0 Å². The summed E-state index contributed by atoms with van der Waals surface area (Å²) >= 11 is 1.56. The van der Waals surface area contributed by atoms with E-state index in [0.29, 0.717) is 17.5 Å². The van der Waals surface area contributed by atoms with E-state index in [2.05, 4.69) is 4.98 Å². The van der Waals surface area contributed by atoms with Crippen LogP contribution < -0.4 is 0 Å². The van der Waals surface area contributed by atoms with E-state index in [1.165, 1.54) is 0 Å². The molecule has 2 amide bonds. The number of amides is 2. The third kappa shape index (κ3) is 3.46. The van der Waals surface area contributed by atoms with Crippen molar-refractivity contribution < 1.29 is 19.1 Å². The van der Waals surface area contributed by atoms with Crippen LogP contribution in [0.1, 0.15) is 32.1 Å². The van der Waals surface area contributed by atoms with Gasteiger partial charge in [0.15, 0.2) is 0 Å². The highest BCUT2D eigenvalue weighted by molar-refractivity contribution is 7.18. The number of carbonyl (C=O) groups excluding carboxylic acids is 3. The lowest BCUT2D eigenvalue weighted by molar-refractivity contribution is -0.143. The van der Waals surface area contributed by atoms with E-state index in [0.717, 1.165) is 20.1 Å². The Morgan fingerprint density at radius 1 is 1.00 bits per heavy atom. The molecule has 1 aromatic heterocycles. The van der Waals surface area contributed by atoms with Crippen LogP contribution in [0, 0.1) is 0 Å². The zero-order chi connectivity index (χ0) is 18.8. The molecule has 0 unspecified atom stereocenters. The molecule has 0 bridgehead atoms. The molecule has 0 saturated carbocycles. The minimum atomic E-state index is -0.370. The first-order valence-electron chi connectivity index (χ1n) is 8.59. The molecule has 0 aliphatic carbocycles. The van der Waals surface area contributed by atoms with Gasteiger partial charge in [0.2, 0.25) is 0 Å². The quantitative estimate of drug-likeness (QED) is 0.485. The second-order valence-corrected chi connectivity index (χ2v) is 7.22. The Kier molecular flexibility index (Phi) is 4.68. The molecule has 0 radical (unpaired) electrons. The Labute approximate surface area is 159 Å². The molecule has 0 fully saturated rings. The van der Waals surface area contributed by atoms with Crippen molar-refractivity contribution in [1.29, 1.82) is 0 Å². The molecule has 0 spiro atoms. The molecule has 6 nitrogen and oxygen atoms in total. The van der Waals surface area contributed by atoms with Crippen molar-refractivity contribution in [3.05, 3.63) is 64.7 Å². The number of aromatic nitrogens is 1. The van der Waals surface area contributed by atoms with Crippen LogP contribution >= 0.6 is 11.3 Å². The van der Waals surface area contributed by atoms with Crippen molar-refractivity contribution in [1.82, 2.24) is 9.88 Å². The molecule has 7 heteroatoms. The highest BCUT2D eigenvalue weighted by Crippen LogP contribution is 2.23. The van der Waals surface area contributed by atoms with Gasteiger partial charge in [-0.05, 0) is 24.3 Å². The van der Waals surface area contributed by atoms with Crippen molar-refractivity contribution in [2.75, 3.05) is 13.2 Å². The van der Waals surface area contributed by atoms with Crippen molar-refractivity contribution >= 4 is 39.3 Å². The lowest BCUT2D eigenvalue weighted by Crippen LogP contribution is -2.33. The average Bonchev–Trinajstić information content (AvgIpc) is 3.21. The predicted octanol–water partition coefficient (Wildman–Crippen LogP) is 3.07. The largest absolute Gasteiger partial charge is 0.464 e. The molecule has 2 heterocycles. The summed E-state index contributed by atoms with van der Waals surface area (Å²) < 4.78 is 6.28. The first-order chi connectivity index (χ1) is 13.1. The van der Waals surface area contributed by atoms with E-state index in [4.69, 9.17) is 4.74 Å². The Hall–Kier alpha value is -3.06. The maximum atomic E-state index is 12.2. The van der Waals surface area contributed by atoms with Gasteiger partial charge in [-0.2, -0.15) is 0 Å². The summed E-state index contributed by atoms with van der Waals surface area (Å²) in [4.78, 5) is 42.0. The van der Waals surface area contributed by atoms with Gasteiger partial charge in [0.25, 0.3) is 11.8 Å². The number of imide groups is 1. The normalized spacial score (nSPS) is 13.3.